The Labute approximate surface area is 79.1 Å². The molecular weight excluding hydrogens is 162 g/mol. The van der Waals surface area contributed by atoms with Crippen LogP contribution in [0.5, 0.6) is 0 Å². The van der Waals surface area contributed by atoms with Gasteiger partial charge in [0.25, 0.3) is 0 Å². The van der Waals surface area contributed by atoms with Gasteiger partial charge in [-0.3, -0.25) is 4.68 Å². The largest absolute Gasteiger partial charge is 0.315 e. The number of piperidine rings is 1. The van der Waals surface area contributed by atoms with Crippen molar-refractivity contribution in [2.75, 3.05) is 13.1 Å². The quantitative estimate of drug-likeness (QED) is 0.706. The minimum absolute atomic E-state index is 0.572. The Bertz CT molecular complexity index is 284. The number of aryl methyl sites for hydroxylation is 2. The summed E-state index contributed by atoms with van der Waals surface area (Å²) in [4.78, 5) is 0. The van der Waals surface area contributed by atoms with Crippen LogP contribution in [0.2, 0.25) is 0 Å². The van der Waals surface area contributed by atoms with Gasteiger partial charge in [0, 0.05) is 12.2 Å². The number of hydrogen-bond donors (Lipinski definition) is 1. The van der Waals surface area contributed by atoms with Gasteiger partial charge in [-0.1, -0.05) is 0 Å². The van der Waals surface area contributed by atoms with Crippen molar-refractivity contribution in [2.45, 2.75) is 32.7 Å². The normalized spacial score (nSPS) is 23.4. The molecule has 1 fully saturated rings. The highest BCUT2D eigenvalue weighted by molar-refractivity contribution is 5.08. The van der Waals surface area contributed by atoms with Gasteiger partial charge >= 0.3 is 0 Å². The first kappa shape index (κ1) is 8.75. The minimum Gasteiger partial charge on any atom is -0.315 e. The Morgan fingerprint density at radius 3 is 2.92 bits per heavy atom. The van der Waals surface area contributed by atoms with E-state index in [0.717, 1.165) is 18.8 Å². The molecule has 72 valence electrons. The summed E-state index contributed by atoms with van der Waals surface area (Å²) in [6, 6.07) is 2.72. The molecule has 0 amide bonds. The average Bonchev–Trinajstić information content (AvgIpc) is 2.47. The summed E-state index contributed by atoms with van der Waals surface area (Å²) in [5, 5.41) is 7.92. The van der Waals surface area contributed by atoms with Crippen LogP contribution < -0.4 is 5.32 Å². The molecule has 13 heavy (non-hydrogen) atoms. The van der Waals surface area contributed by atoms with E-state index >= 15 is 0 Å². The summed E-state index contributed by atoms with van der Waals surface area (Å²) in [6.45, 7) is 6.42. The van der Waals surface area contributed by atoms with Crippen molar-refractivity contribution in [1.82, 2.24) is 15.1 Å². The van der Waals surface area contributed by atoms with Crippen molar-refractivity contribution < 1.29 is 0 Å². The highest BCUT2D eigenvalue weighted by Gasteiger charge is 2.16. The predicted molar refractivity (Wildman–Crippen MR) is 52.8 cm³/mol. The Hall–Kier alpha value is -0.830. The number of rotatable bonds is 1. The molecule has 1 aliphatic heterocycles. The summed E-state index contributed by atoms with van der Waals surface area (Å²) >= 11 is 0. The van der Waals surface area contributed by atoms with Crippen LogP contribution in [-0.4, -0.2) is 22.9 Å². The third-order valence-electron chi connectivity index (χ3n) is 2.66. The minimum atomic E-state index is 0.572. The van der Waals surface area contributed by atoms with Gasteiger partial charge in [0.2, 0.25) is 0 Å². The first-order valence-electron chi connectivity index (χ1n) is 5.01. The van der Waals surface area contributed by atoms with E-state index in [-0.39, 0.29) is 0 Å². The van der Waals surface area contributed by atoms with E-state index in [2.05, 4.69) is 35.0 Å². The molecule has 2 rings (SSSR count). The van der Waals surface area contributed by atoms with E-state index in [1.807, 2.05) is 0 Å². The van der Waals surface area contributed by atoms with Gasteiger partial charge in [0.05, 0.1) is 11.7 Å². The fourth-order valence-electron chi connectivity index (χ4n) is 2.06. The lowest BCUT2D eigenvalue weighted by molar-refractivity contribution is 0.341. The molecule has 3 nitrogen and oxygen atoms in total. The second kappa shape index (κ2) is 3.50. The van der Waals surface area contributed by atoms with Gasteiger partial charge in [-0.25, -0.2) is 0 Å². The second-order valence-electron chi connectivity index (χ2n) is 3.87. The Morgan fingerprint density at radius 1 is 1.54 bits per heavy atom. The molecule has 0 aromatic carbocycles. The van der Waals surface area contributed by atoms with Crippen LogP contribution in [0.15, 0.2) is 6.07 Å². The highest BCUT2D eigenvalue weighted by Crippen LogP contribution is 2.18. The van der Waals surface area contributed by atoms with E-state index in [0.29, 0.717) is 6.04 Å². The van der Waals surface area contributed by atoms with Crippen molar-refractivity contribution in [3.8, 4) is 0 Å². The molecule has 0 spiro atoms. The van der Waals surface area contributed by atoms with Crippen LogP contribution in [0.4, 0.5) is 0 Å². The lowest BCUT2D eigenvalue weighted by Crippen LogP contribution is -2.32. The third-order valence-corrected chi connectivity index (χ3v) is 2.66. The summed E-state index contributed by atoms with van der Waals surface area (Å²) in [5.74, 6) is 0. The van der Waals surface area contributed by atoms with E-state index in [9.17, 15) is 0 Å². The van der Waals surface area contributed by atoms with Crippen molar-refractivity contribution >= 4 is 0 Å². The van der Waals surface area contributed by atoms with Crippen LogP contribution in [0.3, 0.4) is 0 Å². The molecule has 0 saturated carbocycles. The van der Waals surface area contributed by atoms with E-state index < -0.39 is 0 Å². The topological polar surface area (TPSA) is 29.9 Å². The van der Waals surface area contributed by atoms with Crippen LogP contribution >= 0.6 is 0 Å². The highest BCUT2D eigenvalue weighted by atomic mass is 15.3. The predicted octanol–water partition coefficient (Wildman–Crippen LogP) is 1.42. The van der Waals surface area contributed by atoms with Gasteiger partial charge in [-0.2, -0.15) is 5.10 Å². The van der Waals surface area contributed by atoms with Crippen molar-refractivity contribution in [3.63, 3.8) is 0 Å². The fraction of sp³-hybridized carbons (Fsp3) is 0.700. The van der Waals surface area contributed by atoms with E-state index in [1.54, 1.807) is 0 Å². The monoisotopic (exact) mass is 179 g/mol. The van der Waals surface area contributed by atoms with Crippen molar-refractivity contribution in [1.29, 1.82) is 0 Å². The molecule has 1 atom stereocenters. The van der Waals surface area contributed by atoms with Crippen LogP contribution in [-0.2, 0) is 0 Å². The molecule has 1 unspecified atom stereocenters. The maximum absolute atomic E-state index is 4.51. The van der Waals surface area contributed by atoms with Crippen LogP contribution in [0.1, 0.15) is 30.3 Å². The zero-order valence-corrected chi connectivity index (χ0v) is 8.38. The Morgan fingerprint density at radius 2 is 2.38 bits per heavy atom. The third kappa shape index (κ3) is 1.75. The smallest absolute Gasteiger partial charge is 0.0647 e. The summed E-state index contributed by atoms with van der Waals surface area (Å²) < 4.78 is 2.17. The molecule has 3 heteroatoms. The van der Waals surface area contributed by atoms with Gasteiger partial charge in [0.1, 0.15) is 0 Å². The van der Waals surface area contributed by atoms with E-state index in [4.69, 9.17) is 0 Å². The molecule has 1 aromatic heterocycles. The lowest BCUT2D eigenvalue weighted by atomic mass is 10.1. The van der Waals surface area contributed by atoms with Gasteiger partial charge < -0.3 is 5.32 Å². The first-order chi connectivity index (χ1) is 6.27. The molecule has 0 bridgehead atoms. The molecule has 1 N–H and O–H groups in total. The molecule has 0 aliphatic carbocycles. The zero-order chi connectivity index (χ0) is 9.26. The molecule has 1 saturated heterocycles. The maximum atomic E-state index is 4.51. The fourth-order valence-corrected chi connectivity index (χ4v) is 2.06. The van der Waals surface area contributed by atoms with Crippen molar-refractivity contribution in [2.24, 2.45) is 0 Å². The summed E-state index contributed by atoms with van der Waals surface area (Å²) in [5.41, 5.74) is 2.41. The van der Waals surface area contributed by atoms with Gasteiger partial charge in [-0.05, 0) is 39.3 Å². The first-order valence-corrected chi connectivity index (χ1v) is 5.01. The summed E-state index contributed by atoms with van der Waals surface area (Å²) in [6.07, 6.45) is 2.53. The second-order valence-corrected chi connectivity index (χ2v) is 3.87. The van der Waals surface area contributed by atoms with E-state index in [1.165, 1.54) is 18.5 Å². The molecule has 1 aromatic rings. The van der Waals surface area contributed by atoms with Gasteiger partial charge in [-0.15, -0.1) is 0 Å². The summed E-state index contributed by atoms with van der Waals surface area (Å²) in [7, 11) is 0. The Balaban J connectivity index is 2.18. The number of nitrogens with zero attached hydrogens (tertiary/aromatic N) is 2. The number of nitrogens with one attached hydrogen (secondary N) is 1. The molecular formula is C10H17N3. The van der Waals surface area contributed by atoms with Crippen LogP contribution in [0, 0.1) is 13.8 Å². The standard InChI is InChI=1S/C10H17N3/c1-8-6-9(2)13(12-8)10-4-3-5-11-7-10/h6,10-11H,3-5,7H2,1-2H3. The molecule has 1 aliphatic rings. The zero-order valence-electron chi connectivity index (χ0n) is 8.38. The average molecular weight is 179 g/mol. The molecule has 0 radical (unpaired) electrons. The number of aromatic nitrogens is 2. The lowest BCUT2D eigenvalue weighted by Gasteiger charge is -2.24. The maximum Gasteiger partial charge on any atom is 0.0647 e. The van der Waals surface area contributed by atoms with Gasteiger partial charge in [0.15, 0.2) is 0 Å². The Kier molecular flexibility index (Phi) is 2.36. The SMILES string of the molecule is Cc1cc(C)n(C2CCCNC2)n1. The molecule has 2 heterocycles. The van der Waals surface area contributed by atoms with Crippen LogP contribution in [0.25, 0.3) is 0 Å². The van der Waals surface area contributed by atoms with Crippen molar-refractivity contribution in [3.05, 3.63) is 17.5 Å². The number of hydrogen-bond acceptors (Lipinski definition) is 2.